The van der Waals surface area contributed by atoms with Crippen LogP contribution in [-0.4, -0.2) is 30.3 Å². The maximum absolute atomic E-state index is 12.1. The molecule has 1 aliphatic rings. The van der Waals surface area contributed by atoms with Gasteiger partial charge in [0.05, 0.1) is 6.10 Å². The second kappa shape index (κ2) is 7.05. The standard InChI is InChI=1S/C17H25NO3/c1-13(2)11-17(16(19)20,14-7-4-3-5-8-14)18-12-15-9-6-10-21-15/h3-5,7-8,13,15,18H,6,9-12H2,1-2H3,(H,19,20). The molecule has 0 bridgehead atoms. The van der Waals surface area contributed by atoms with Crippen molar-refractivity contribution in [1.29, 1.82) is 0 Å². The Bertz CT molecular complexity index is 454. The molecule has 0 aliphatic carbocycles. The van der Waals surface area contributed by atoms with Gasteiger partial charge >= 0.3 is 5.97 Å². The fourth-order valence-electron chi connectivity index (χ4n) is 3.01. The average Bonchev–Trinajstić information content (AvgIpc) is 2.97. The molecule has 1 aromatic carbocycles. The maximum Gasteiger partial charge on any atom is 0.328 e. The summed E-state index contributed by atoms with van der Waals surface area (Å²) in [4.78, 5) is 12.1. The second-order valence-electron chi connectivity index (χ2n) is 6.19. The summed E-state index contributed by atoms with van der Waals surface area (Å²) in [7, 11) is 0. The summed E-state index contributed by atoms with van der Waals surface area (Å²) in [5.41, 5.74) is -0.231. The van der Waals surface area contributed by atoms with Crippen LogP contribution in [0.25, 0.3) is 0 Å². The number of rotatable bonds is 7. The number of nitrogens with one attached hydrogen (secondary N) is 1. The minimum atomic E-state index is -1.04. The molecule has 0 aromatic heterocycles. The van der Waals surface area contributed by atoms with Crippen molar-refractivity contribution in [3.63, 3.8) is 0 Å². The van der Waals surface area contributed by atoms with E-state index in [1.807, 2.05) is 44.2 Å². The highest BCUT2D eigenvalue weighted by atomic mass is 16.5. The Labute approximate surface area is 126 Å². The van der Waals surface area contributed by atoms with E-state index in [0.717, 1.165) is 25.0 Å². The van der Waals surface area contributed by atoms with Gasteiger partial charge in [-0.15, -0.1) is 0 Å². The number of carbonyl (C=O) groups is 1. The van der Waals surface area contributed by atoms with Gasteiger partial charge in [-0.25, -0.2) is 4.79 Å². The second-order valence-corrected chi connectivity index (χ2v) is 6.19. The maximum atomic E-state index is 12.1. The molecule has 0 spiro atoms. The molecule has 1 heterocycles. The normalized spacial score (nSPS) is 21.4. The quantitative estimate of drug-likeness (QED) is 0.811. The molecule has 1 fully saturated rings. The van der Waals surface area contributed by atoms with Crippen molar-refractivity contribution in [2.45, 2.75) is 44.8 Å². The van der Waals surface area contributed by atoms with Gasteiger partial charge in [-0.2, -0.15) is 0 Å². The van der Waals surface area contributed by atoms with Crippen LogP contribution >= 0.6 is 0 Å². The first-order chi connectivity index (χ1) is 10.0. The number of carboxylic acids is 1. The Balaban J connectivity index is 2.24. The van der Waals surface area contributed by atoms with Crippen LogP contribution in [0, 0.1) is 5.92 Å². The van der Waals surface area contributed by atoms with Gasteiger partial charge < -0.3 is 9.84 Å². The fourth-order valence-corrected chi connectivity index (χ4v) is 3.01. The van der Waals surface area contributed by atoms with Gasteiger partial charge in [-0.1, -0.05) is 44.2 Å². The molecule has 1 aliphatic heterocycles. The monoisotopic (exact) mass is 291 g/mol. The minimum absolute atomic E-state index is 0.125. The number of carboxylic acid groups (broad SMARTS) is 1. The first-order valence-electron chi connectivity index (χ1n) is 7.70. The molecule has 0 saturated carbocycles. The predicted molar refractivity (Wildman–Crippen MR) is 82.2 cm³/mol. The van der Waals surface area contributed by atoms with Crippen molar-refractivity contribution >= 4 is 5.97 Å². The van der Waals surface area contributed by atoms with Crippen molar-refractivity contribution in [2.75, 3.05) is 13.2 Å². The highest BCUT2D eigenvalue weighted by molar-refractivity contribution is 5.80. The average molecular weight is 291 g/mol. The van der Waals surface area contributed by atoms with Gasteiger partial charge in [0.15, 0.2) is 0 Å². The zero-order chi connectivity index (χ0) is 15.3. The van der Waals surface area contributed by atoms with Gasteiger partial charge in [0.2, 0.25) is 0 Å². The van der Waals surface area contributed by atoms with E-state index in [-0.39, 0.29) is 12.0 Å². The third-order valence-electron chi connectivity index (χ3n) is 4.00. The van der Waals surface area contributed by atoms with Gasteiger partial charge in [0, 0.05) is 13.2 Å². The van der Waals surface area contributed by atoms with E-state index in [1.54, 1.807) is 0 Å². The Morgan fingerprint density at radius 2 is 2.14 bits per heavy atom. The summed E-state index contributed by atoms with van der Waals surface area (Å²) in [6, 6.07) is 9.46. The van der Waals surface area contributed by atoms with Crippen LogP contribution < -0.4 is 5.32 Å². The summed E-state index contributed by atoms with van der Waals surface area (Å²) in [6.45, 7) is 5.46. The lowest BCUT2D eigenvalue weighted by Crippen LogP contribution is -2.52. The number of hydrogen-bond donors (Lipinski definition) is 2. The number of ether oxygens (including phenoxy) is 1. The summed E-state index contributed by atoms with van der Waals surface area (Å²) < 4.78 is 5.61. The lowest BCUT2D eigenvalue weighted by molar-refractivity contribution is -0.146. The number of aliphatic carboxylic acids is 1. The molecule has 1 saturated heterocycles. The number of benzene rings is 1. The molecule has 0 radical (unpaired) electrons. The van der Waals surface area contributed by atoms with Crippen LogP contribution in [0.2, 0.25) is 0 Å². The highest BCUT2D eigenvalue weighted by Crippen LogP contribution is 2.30. The topological polar surface area (TPSA) is 58.6 Å². The van der Waals surface area contributed by atoms with E-state index >= 15 is 0 Å². The van der Waals surface area contributed by atoms with E-state index < -0.39 is 11.5 Å². The van der Waals surface area contributed by atoms with Crippen LogP contribution in [0.1, 0.15) is 38.7 Å². The van der Waals surface area contributed by atoms with Crippen LogP contribution in [0.15, 0.2) is 30.3 Å². The van der Waals surface area contributed by atoms with E-state index in [2.05, 4.69) is 5.32 Å². The van der Waals surface area contributed by atoms with Gasteiger partial charge in [0.1, 0.15) is 5.54 Å². The smallest absolute Gasteiger partial charge is 0.328 e. The zero-order valence-corrected chi connectivity index (χ0v) is 12.8. The highest BCUT2D eigenvalue weighted by Gasteiger charge is 2.41. The lowest BCUT2D eigenvalue weighted by Gasteiger charge is -2.33. The number of hydrogen-bond acceptors (Lipinski definition) is 3. The molecule has 2 atom stereocenters. The minimum Gasteiger partial charge on any atom is -0.480 e. The van der Waals surface area contributed by atoms with E-state index in [4.69, 9.17) is 4.74 Å². The summed E-state index contributed by atoms with van der Waals surface area (Å²) >= 11 is 0. The molecule has 0 amide bonds. The Kier molecular flexibility index (Phi) is 5.37. The SMILES string of the molecule is CC(C)CC(NCC1CCCO1)(C(=O)O)c1ccccc1. The van der Waals surface area contributed by atoms with E-state index in [0.29, 0.717) is 13.0 Å². The summed E-state index contributed by atoms with van der Waals surface area (Å²) in [6.07, 6.45) is 2.74. The van der Waals surface area contributed by atoms with Crippen LogP contribution in [0.3, 0.4) is 0 Å². The van der Waals surface area contributed by atoms with E-state index in [9.17, 15) is 9.90 Å². The predicted octanol–water partition coefficient (Wildman–Crippen LogP) is 2.78. The Morgan fingerprint density at radius 1 is 1.43 bits per heavy atom. The van der Waals surface area contributed by atoms with Gasteiger partial charge in [-0.3, -0.25) is 5.32 Å². The van der Waals surface area contributed by atoms with Crippen LogP contribution in [0.4, 0.5) is 0 Å². The molecular weight excluding hydrogens is 266 g/mol. The lowest BCUT2D eigenvalue weighted by atomic mass is 9.82. The summed E-state index contributed by atoms with van der Waals surface area (Å²) in [5.74, 6) is -0.543. The Hall–Kier alpha value is -1.39. The van der Waals surface area contributed by atoms with Crippen molar-refractivity contribution in [3.05, 3.63) is 35.9 Å². The fraction of sp³-hybridized carbons (Fsp3) is 0.588. The molecule has 4 nitrogen and oxygen atoms in total. The first-order valence-corrected chi connectivity index (χ1v) is 7.70. The molecule has 1 aromatic rings. The molecule has 2 N–H and O–H groups in total. The molecule has 2 rings (SSSR count). The van der Waals surface area contributed by atoms with Crippen LogP contribution in [-0.2, 0) is 15.1 Å². The first kappa shape index (κ1) is 16.0. The Morgan fingerprint density at radius 3 is 2.67 bits per heavy atom. The third kappa shape index (κ3) is 3.83. The van der Waals surface area contributed by atoms with Crippen molar-refractivity contribution < 1.29 is 14.6 Å². The molecule has 4 heteroatoms. The van der Waals surface area contributed by atoms with Gasteiger partial charge in [0.25, 0.3) is 0 Å². The molecule has 116 valence electrons. The molecule has 2 unspecified atom stereocenters. The largest absolute Gasteiger partial charge is 0.480 e. The summed E-state index contributed by atoms with van der Waals surface area (Å²) in [5, 5.41) is 13.2. The van der Waals surface area contributed by atoms with Gasteiger partial charge in [-0.05, 0) is 30.7 Å². The third-order valence-corrected chi connectivity index (χ3v) is 4.00. The van der Waals surface area contributed by atoms with Crippen molar-refractivity contribution in [2.24, 2.45) is 5.92 Å². The van der Waals surface area contributed by atoms with Crippen molar-refractivity contribution in [1.82, 2.24) is 5.32 Å². The molecular formula is C17H25NO3. The van der Waals surface area contributed by atoms with Crippen LogP contribution in [0.5, 0.6) is 0 Å². The molecule has 21 heavy (non-hydrogen) atoms. The zero-order valence-electron chi connectivity index (χ0n) is 12.8. The van der Waals surface area contributed by atoms with Crippen molar-refractivity contribution in [3.8, 4) is 0 Å². The van der Waals surface area contributed by atoms with E-state index in [1.165, 1.54) is 0 Å².